The van der Waals surface area contributed by atoms with Crippen LogP contribution in [0, 0.1) is 13.8 Å². The molecule has 9 heteroatoms. The number of benzene rings is 1. The van der Waals surface area contributed by atoms with Crippen molar-refractivity contribution in [1.82, 2.24) is 20.1 Å². The molecular weight excluding hydrogens is 440 g/mol. The number of amides is 1. The average molecular weight is 469 g/mol. The number of fused-ring (bicyclic) bond motifs is 1. The third-order valence-corrected chi connectivity index (χ3v) is 8.25. The highest BCUT2D eigenvalue weighted by atomic mass is 32.2. The Labute approximate surface area is 193 Å². The van der Waals surface area contributed by atoms with Gasteiger partial charge in [0, 0.05) is 18.7 Å². The summed E-state index contributed by atoms with van der Waals surface area (Å²) in [6.45, 7) is 5.04. The Bertz CT molecular complexity index is 1310. The fourth-order valence-corrected chi connectivity index (χ4v) is 6.39. The number of pyridine rings is 1. The minimum Gasteiger partial charge on any atom is -0.376 e. The van der Waals surface area contributed by atoms with Gasteiger partial charge in [-0.3, -0.25) is 4.79 Å². The van der Waals surface area contributed by atoms with E-state index in [9.17, 15) is 13.2 Å². The fraction of sp³-hybridized carbons (Fsp3) is 0.458. The third kappa shape index (κ3) is 4.39. The van der Waals surface area contributed by atoms with Crippen LogP contribution in [0.15, 0.2) is 30.3 Å². The summed E-state index contributed by atoms with van der Waals surface area (Å²) in [6.07, 6.45) is 2.48. The molecule has 0 bridgehead atoms. The van der Waals surface area contributed by atoms with Crippen molar-refractivity contribution in [2.75, 3.05) is 24.7 Å². The number of carbonyl (C=O) groups excluding carboxylic acids is 1. The van der Waals surface area contributed by atoms with E-state index in [0.29, 0.717) is 41.0 Å². The maximum Gasteiger partial charge on any atom is 0.252 e. The Kier molecular flexibility index (Phi) is 5.70. The molecule has 2 atom stereocenters. The summed E-state index contributed by atoms with van der Waals surface area (Å²) in [5.74, 6) is -0.0158. The second-order valence-electron chi connectivity index (χ2n) is 9.05. The van der Waals surface area contributed by atoms with Gasteiger partial charge in [0.15, 0.2) is 15.5 Å². The SMILES string of the molecule is Cc1ccc(-c2cc(C(=O)NC[C@H]3CCCO3)c3c(C)nn([C@@H]4CCS(=O)(=O)C4)c3n2)cc1. The third-order valence-electron chi connectivity index (χ3n) is 6.50. The van der Waals surface area contributed by atoms with Gasteiger partial charge < -0.3 is 10.1 Å². The summed E-state index contributed by atoms with van der Waals surface area (Å²) < 4.78 is 31.6. The lowest BCUT2D eigenvalue weighted by atomic mass is 10.0. The van der Waals surface area contributed by atoms with Gasteiger partial charge in [0.2, 0.25) is 0 Å². The van der Waals surface area contributed by atoms with Crippen LogP contribution < -0.4 is 5.32 Å². The van der Waals surface area contributed by atoms with Gasteiger partial charge in [0.05, 0.1) is 46.0 Å². The number of rotatable bonds is 5. The van der Waals surface area contributed by atoms with E-state index in [0.717, 1.165) is 30.6 Å². The lowest BCUT2D eigenvalue weighted by Gasteiger charge is -2.14. The number of sulfone groups is 1. The van der Waals surface area contributed by atoms with Crippen LogP contribution >= 0.6 is 0 Å². The molecule has 2 aliphatic rings. The first-order valence-corrected chi connectivity index (χ1v) is 13.2. The number of ether oxygens (including phenoxy) is 1. The van der Waals surface area contributed by atoms with E-state index in [1.807, 2.05) is 44.2 Å². The van der Waals surface area contributed by atoms with Crippen molar-refractivity contribution in [3.63, 3.8) is 0 Å². The highest BCUT2D eigenvalue weighted by molar-refractivity contribution is 7.91. The van der Waals surface area contributed by atoms with Crippen molar-refractivity contribution in [1.29, 1.82) is 0 Å². The number of nitrogens with zero attached hydrogens (tertiary/aromatic N) is 3. The van der Waals surface area contributed by atoms with Crippen LogP contribution in [0.2, 0.25) is 0 Å². The van der Waals surface area contributed by atoms with Crippen molar-refractivity contribution in [3.8, 4) is 11.3 Å². The lowest BCUT2D eigenvalue weighted by molar-refractivity contribution is 0.0859. The van der Waals surface area contributed by atoms with Crippen molar-refractivity contribution >= 4 is 26.8 Å². The molecule has 0 radical (unpaired) electrons. The van der Waals surface area contributed by atoms with Crippen molar-refractivity contribution in [2.24, 2.45) is 0 Å². The molecule has 0 spiro atoms. The Morgan fingerprint density at radius 3 is 2.67 bits per heavy atom. The Balaban J connectivity index is 1.60. The quantitative estimate of drug-likeness (QED) is 0.618. The molecule has 8 nitrogen and oxygen atoms in total. The Hall–Kier alpha value is -2.78. The summed E-state index contributed by atoms with van der Waals surface area (Å²) in [7, 11) is -3.10. The van der Waals surface area contributed by atoms with Gasteiger partial charge in [-0.05, 0) is 39.2 Å². The normalized spacial score (nSPS) is 22.1. The zero-order valence-corrected chi connectivity index (χ0v) is 19.7. The predicted molar refractivity (Wildman–Crippen MR) is 126 cm³/mol. The van der Waals surface area contributed by atoms with Gasteiger partial charge in [-0.25, -0.2) is 18.1 Å². The van der Waals surface area contributed by atoms with Crippen LogP contribution in [0.1, 0.15) is 46.9 Å². The van der Waals surface area contributed by atoms with E-state index < -0.39 is 9.84 Å². The van der Waals surface area contributed by atoms with E-state index in [4.69, 9.17) is 9.72 Å². The zero-order valence-electron chi connectivity index (χ0n) is 18.9. The van der Waals surface area contributed by atoms with E-state index in [2.05, 4.69) is 10.4 Å². The predicted octanol–water partition coefficient (Wildman–Crippen LogP) is 2.98. The molecule has 33 heavy (non-hydrogen) atoms. The molecule has 174 valence electrons. The Morgan fingerprint density at radius 2 is 2.00 bits per heavy atom. The van der Waals surface area contributed by atoms with Crippen LogP contribution in [0.5, 0.6) is 0 Å². The zero-order chi connectivity index (χ0) is 23.2. The van der Waals surface area contributed by atoms with Crippen LogP contribution in [0.25, 0.3) is 22.3 Å². The van der Waals surface area contributed by atoms with E-state index in [-0.39, 0.29) is 29.6 Å². The molecule has 4 heterocycles. The molecule has 1 N–H and O–H groups in total. The second kappa shape index (κ2) is 8.53. The van der Waals surface area contributed by atoms with E-state index in [1.54, 1.807) is 4.68 Å². The first-order chi connectivity index (χ1) is 15.8. The largest absolute Gasteiger partial charge is 0.376 e. The summed E-state index contributed by atoms with van der Waals surface area (Å²) in [6, 6.07) is 9.49. The van der Waals surface area contributed by atoms with Gasteiger partial charge in [-0.1, -0.05) is 29.8 Å². The molecule has 0 saturated carbocycles. The Morgan fingerprint density at radius 1 is 1.21 bits per heavy atom. The van der Waals surface area contributed by atoms with Crippen molar-refractivity contribution in [3.05, 3.63) is 47.2 Å². The average Bonchev–Trinajstić information content (AvgIpc) is 3.51. The van der Waals surface area contributed by atoms with Crippen LogP contribution in [0.3, 0.4) is 0 Å². The topological polar surface area (TPSA) is 103 Å². The van der Waals surface area contributed by atoms with E-state index >= 15 is 0 Å². The fourth-order valence-electron chi connectivity index (χ4n) is 4.69. The van der Waals surface area contributed by atoms with Crippen LogP contribution in [-0.4, -0.2) is 59.9 Å². The first-order valence-electron chi connectivity index (χ1n) is 11.4. The van der Waals surface area contributed by atoms with E-state index in [1.165, 1.54) is 0 Å². The highest BCUT2D eigenvalue weighted by Crippen LogP contribution is 2.32. The van der Waals surface area contributed by atoms with Crippen LogP contribution in [0.4, 0.5) is 0 Å². The van der Waals surface area contributed by atoms with Gasteiger partial charge >= 0.3 is 0 Å². The molecule has 2 aliphatic heterocycles. The summed E-state index contributed by atoms with van der Waals surface area (Å²) in [5.41, 5.74) is 4.39. The molecular formula is C24H28N4O4S. The van der Waals surface area contributed by atoms with Crippen molar-refractivity contribution < 1.29 is 17.9 Å². The number of aromatic nitrogens is 3. The maximum atomic E-state index is 13.3. The van der Waals surface area contributed by atoms with Crippen LogP contribution in [-0.2, 0) is 14.6 Å². The number of nitrogens with one attached hydrogen (secondary N) is 1. The molecule has 3 aromatic rings. The molecule has 0 aliphatic carbocycles. The summed E-state index contributed by atoms with van der Waals surface area (Å²) in [5, 5.41) is 8.33. The molecule has 1 amide bonds. The minimum atomic E-state index is -3.10. The molecule has 2 saturated heterocycles. The summed E-state index contributed by atoms with van der Waals surface area (Å²) >= 11 is 0. The number of aryl methyl sites for hydroxylation is 2. The molecule has 0 unspecified atom stereocenters. The number of hydrogen-bond donors (Lipinski definition) is 1. The first kappa shape index (κ1) is 22.0. The smallest absolute Gasteiger partial charge is 0.252 e. The number of hydrogen-bond acceptors (Lipinski definition) is 6. The molecule has 5 rings (SSSR count). The summed E-state index contributed by atoms with van der Waals surface area (Å²) in [4.78, 5) is 18.2. The molecule has 2 aromatic heterocycles. The maximum absolute atomic E-state index is 13.3. The van der Waals surface area contributed by atoms with Gasteiger partial charge in [0.25, 0.3) is 5.91 Å². The molecule has 1 aromatic carbocycles. The lowest BCUT2D eigenvalue weighted by Crippen LogP contribution is -2.32. The van der Waals surface area contributed by atoms with Gasteiger partial charge in [0.1, 0.15) is 0 Å². The monoisotopic (exact) mass is 468 g/mol. The molecule has 2 fully saturated rings. The van der Waals surface area contributed by atoms with Crippen molar-refractivity contribution in [2.45, 2.75) is 45.3 Å². The van der Waals surface area contributed by atoms with Gasteiger partial charge in [-0.15, -0.1) is 0 Å². The standard InChI is InChI=1S/C24H28N4O4S/c1-15-5-7-17(8-6-15)21-12-20(24(29)25-13-19-4-3-10-32-19)22-16(2)27-28(23(22)26-21)18-9-11-33(30,31)14-18/h5-8,12,18-19H,3-4,9-11,13-14H2,1-2H3,(H,25,29)/t18-,19-/m1/s1. The number of carbonyl (C=O) groups is 1. The second-order valence-corrected chi connectivity index (χ2v) is 11.3. The minimum absolute atomic E-state index is 0.0374. The van der Waals surface area contributed by atoms with Gasteiger partial charge in [-0.2, -0.15) is 5.10 Å². The highest BCUT2D eigenvalue weighted by Gasteiger charge is 2.32.